The molecule has 0 atom stereocenters. The average Bonchev–Trinajstić information content (AvgIpc) is 2.85. The van der Waals surface area contributed by atoms with Crippen molar-refractivity contribution in [2.45, 2.75) is 19.3 Å². The molecule has 1 aliphatic rings. The number of aromatic amines is 1. The molecule has 1 saturated heterocycles. The van der Waals surface area contributed by atoms with Crippen LogP contribution in [0.25, 0.3) is 0 Å². The quantitative estimate of drug-likeness (QED) is 0.748. The fourth-order valence-electron chi connectivity index (χ4n) is 2.32. The van der Waals surface area contributed by atoms with Crippen LogP contribution in [0.3, 0.4) is 0 Å². The Morgan fingerprint density at radius 2 is 1.90 bits per heavy atom. The third kappa shape index (κ3) is 2.93. The number of pyridine rings is 1. The van der Waals surface area contributed by atoms with Crippen LogP contribution in [0.2, 0.25) is 0 Å². The first-order valence-corrected chi connectivity index (χ1v) is 6.96. The third-order valence-electron chi connectivity index (χ3n) is 3.47. The number of nitrogens with one attached hydrogen (secondary N) is 1. The van der Waals surface area contributed by atoms with E-state index in [0.29, 0.717) is 17.2 Å². The van der Waals surface area contributed by atoms with Gasteiger partial charge in [0.15, 0.2) is 11.5 Å². The Balaban J connectivity index is 1.72. The molecule has 8 heteroatoms. The van der Waals surface area contributed by atoms with Gasteiger partial charge in [0.2, 0.25) is 0 Å². The topological polar surface area (TPSA) is 122 Å². The van der Waals surface area contributed by atoms with Gasteiger partial charge in [-0.1, -0.05) is 0 Å². The molecule has 0 bridgehead atoms. The number of hydrogen-bond acceptors (Lipinski definition) is 7. The Hall–Kier alpha value is -2.64. The van der Waals surface area contributed by atoms with Crippen molar-refractivity contribution in [3.8, 4) is 0 Å². The van der Waals surface area contributed by atoms with Crippen LogP contribution in [0.4, 0.5) is 28.8 Å². The van der Waals surface area contributed by atoms with Gasteiger partial charge in [0.25, 0.3) is 0 Å². The summed E-state index contributed by atoms with van der Waals surface area (Å²) >= 11 is 0. The summed E-state index contributed by atoms with van der Waals surface area (Å²) in [4.78, 5) is 6.72. The molecule has 3 heterocycles. The van der Waals surface area contributed by atoms with E-state index in [-0.39, 0.29) is 5.82 Å². The molecule has 21 heavy (non-hydrogen) atoms. The minimum atomic E-state index is 0.231. The van der Waals surface area contributed by atoms with Gasteiger partial charge in [0.05, 0.1) is 6.20 Å². The van der Waals surface area contributed by atoms with E-state index in [1.165, 1.54) is 19.3 Å². The monoisotopic (exact) mass is 286 g/mol. The lowest BCUT2D eigenvalue weighted by Crippen LogP contribution is -2.29. The number of anilines is 3. The molecular weight excluding hydrogens is 268 g/mol. The largest absolute Gasteiger partial charge is 0.382 e. The molecule has 1 aliphatic heterocycles. The zero-order valence-electron chi connectivity index (χ0n) is 11.7. The molecule has 0 unspecified atom stereocenters. The lowest BCUT2D eigenvalue weighted by molar-refractivity contribution is 0.573. The third-order valence-corrected chi connectivity index (χ3v) is 3.47. The summed E-state index contributed by atoms with van der Waals surface area (Å²) in [6.45, 7) is 2.13. The molecule has 0 spiro atoms. The van der Waals surface area contributed by atoms with Gasteiger partial charge in [-0.2, -0.15) is 5.10 Å². The summed E-state index contributed by atoms with van der Waals surface area (Å²) in [6.07, 6.45) is 5.45. The highest BCUT2D eigenvalue weighted by Crippen LogP contribution is 2.28. The van der Waals surface area contributed by atoms with E-state index in [0.717, 1.165) is 18.9 Å². The molecule has 1 fully saturated rings. The van der Waals surface area contributed by atoms with E-state index in [4.69, 9.17) is 11.5 Å². The van der Waals surface area contributed by atoms with Crippen LogP contribution in [-0.4, -0.2) is 28.3 Å². The number of aromatic nitrogens is 3. The van der Waals surface area contributed by atoms with Crippen molar-refractivity contribution >= 4 is 28.8 Å². The van der Waals surface area contributed by atoms with Gasteiger partial charge < -0.3 is 16.4 Å². The number of nitrogen functional groups attached to an aromatic ring is 2. The first kappa shape index (κ1) is 13.3. The lowest BCUT2D eigenvalue weighted by Gasteiger charge is -2.27. The molecule has 0 amide bonds. The van der Waals surface area contributed by atoms with Gasteiger partial charge >= 0.3 is 0 Å². The second-order valence-corrected chi connectivity index (χ2v) is 4.99. The zero-order valence-corrected chi connectivity index (χ0v) is 11.7. The average molecular weight is 286 g/mol. The summed E-state index contributed by atoms with van der Waals surface area (Å²) in [5.41, 5.74) is 12.3. The van der Waals surface area contributed by atoms with Gasteiger partial charge in [-0.25, -0.2) is 4.98 Å². The molecule has 0 radical (unpaired) electrons. The summed E-state index contributed by atoms with van der Waals surface area (Å²) in [5.74, 6) is 1.51. The van der Waals surface area contributed by atoms with E-state index in [1.54, 1.807) is 6.20 Å². The second kappa shape index (κ2) is 5.78. The maximum Gasteiger partial charge on any atom is 0.175 e. The second-order valence-electron chi connectivity index (χ2n) is 4.99. The highest BCUT2D eigenvalue weighted by atomic mass is 15.2. The summed E-state index contributed by atoms with van der Waals surface area (Å²) in [5, 5.41) is 14.4. The van der Waals surface area contributed by atoms with Gasteiger partial charge in [-0.3, -0.25) is 5.10 Å². The molecule has 2 aromatic rings. The van der Waals surface area contributed by atoms with Crippen LogP contribution < -0.4 is 16.4 Å². The molecule has 8 nitrogen and oxygen atoms in total. The molecule has 0 aromatic carbocycles. The van der Waals surface area contributed by atoms with Crippen molar-refractivity contribution in [3.05, 3.63) is 18.3 Å². The Morgan fingerprint density at radius 1 is 1.10 bits per heavy atom. The molecule has 2 aromatic heterocycles. The van der Waals surface area contributed by atoms with E-state index >= 15 is 0 Å². The van der Waals surface area contributed by atoms with Crippen LogP contribution in [0.15, 0.2) is 28.6 Å². The summed E-state index contributed by atoms with van der Waals surface area (Å²) < 4.78 is 0. The molecular formula is C13H18N8. The van der Waals surface area contributed by atoms with Gasteiger partial charge in [0.1, 0.15) is 17.3 Å². The SMILES string of the molecule is Nc1n[nH]c(N)c1N=Nc1ccc(N2CCCCC2)nc1. The Labute approximate surface area is 122 Å². The van der Waals surface area contributed by atoms with Crippen LogP contribution in [-0.2, 0) is 0 Å². The molecule has 5 N–H and O–H groups in total. The highest BCUT2D eigenvalue weighted by Gasteiger charge is 2.11. The standard InChI is InChI=1S/C13H18N8/c14-12-11(13(15)20-19-12)18-17-9-4-5-10(16-8-9)21-6-2-1-3-7-21/h4-5,8H,1-3,6-7H2,(H5,14,15,19,20). The van der Waals surface area contributed by atoms with Gasteiger partial charge in [-0.15, -0.1) is 10.2 Å². The van der Waals surface area contributed by atoms with E-state index < -0.39 is 0 Å². The Morgan fingerprint density at radius 3 is 2.52 bits per heavy atom. The van der Waals surface area contributed by atoms with Gasteiger partial charge in [-0.05, 0) is 31.4 Å². The van der Waals surface area contributed by atoms with Gasteiger partial charge in [0, 0.05) is 13.1 Å². The Bertz CT molecular complexity index is 605. The number of H-pyrrole nitrogens is 1. The molecule has 0 saturated carbocycles. The minimum absolute atomic E-state index is 0.231. The smallest absolute Gasteiger partial charge is 0.175 e. The van der Waals surface area contributed by atoms with Crippen molar-refractivity contribution < 1.29 is 0 Å². The normalized spacial score (nSPS) is 15.7. The number of piperidine rings is 1. The number of hydrogen-bond donors (Lipinski definition) is 3. The van der Waals surface area contributed by atoms with Crippen molar-refractivity contribution in [2.75, 3.05) is 29.5 Å². The fraction of sp³-hybridized carbons (Fsp3) is 0.385. The van der Waals surface area contributed by atoms with Crippen molar-refractivity contribution in [2.24, 2.45) is 10.2 Å². The minimum Gasteiger partial charge on any atom is -0.382 e. The number of azo groups is 1. The van der Waals surface area contributed by atoms with E-state index in [2.05, 4.69) is 30.3 Å². The van der Waals surface area contributed by atoms with Crippen molar-refractivity contribution in [3.63, 3.8) is 0 Å². The number of nitrogens with zero attached hydrogens (tertiary/aromatic N) is 5. The molecule has 110 valence electrons. The maximum atomic E-state index is 5.65. The first-order chi connectivity index (χ1) is 10.2. The van der Waals surface area contributed by atoms with Crippen molar-refractivity contribution in [1.29, 1.82) is 0 Å². The predicted octanol–water partition coefficient (Wildman–Crippen LogP) is 2.37. The maximum absolute atomic E-state index is 5.65. The number of nitrogens with two attached hydrogens (primary N) is 2. The number of rotatable bonds is 3. The highest BCUT2D eigenvalue weighted by molar-refractivity contribution is 5.70. The van der Waals surface area contributed by atoms with E-state index in [9.17, 15) is 0 Å². The Kier molecular flexibility index (Phi) is 3.67. The first-order valence-electron chi connectivity index (χ1n) is 6.96. The fourth-order valence-corrected chi connectivity index (χ4v) is 2.32. The predicted molar refractivity (Wildman–Crippen MR) is 81.9 cm³/mol. The van der Waals surface area contributed by atoms with Crippen LogP contribution in [0, 0.1) is 0 Å². The van der Waals surface area contributed by atoms with Crippen LogP contribution in [0.5, 0.6) is 0 Å². The lowest BCUT2D eigenvalue weighted by atomic mass is 10.1. The van der Waals surface area contributed by atoms with Crippen molar-refractivity contribution in [1.82, 2.24) is 15.2 Å². The molecule has 0 aliphatic carbocycles. The molecule has 3 rings (SSSR count). The summed E-state index contributed by atoms with van der Waals surface area (Å²) in [7, 11) is 0. The summed E-state index contributed by atoms with van der Waals surface area (Å²) in [6, 6.07) is 3.84. The zero-order chi connectivity index (χ0) is 14.7. The van der Waals surface area contributed by atoms with Crippen LogP contribution >= 0.6 is 0 Å². The van der Waals surface area contributed by atoms with Crippen LogP contribution in [0.1, 0.15) is 19.3 Å². The van der Waals surface area contributed by atoms with E-state index in [1.807, 2.05) is 12.1 Å².